The van der Waals surface area contributed by atoms with Gasteiger partial charge in [-0.25, -0.2) is 14.8 Å². The third kappa shape index (κ3) is 3.98. The summed E-state index contributed by atoms with van der Waals surface area (Å²) in [6.45, 7) is 2.55. The number of halogens is 3. The van der Waals surface area contributed by atoms with Crippen LogP contribution in [0.1, 0.15) is 0 Å². The van der Waals surface area contributed by atoms with E-state index < -0.39 is 0 Å². The van der Waals surface area contributed by atoms with E-state index in [-0.39, 0.29) is 11.2 Å². The molecule has 6 nitrogen and oxygen atoms in total. The summed E-state index contributed by atoms with van der Waals surface area (Å²) >= 11 is 18.8. The Morgan fingerprint density at radius 2 is 1.87 bits per heavy atom. The van der Waals surface area contributed by atoms with Gasteiger partial charge in [-0.1, -0.05) is 46.1 Å². The van der Waals surface area contributed by atoms with E-state index >= 15 is 0 Å². The van der Waals surface area contributed by atoms with E-state index in [2.05, 4.69) is 20.2 Å². The summed E-state index contributed by atoms with van der Waals surface area (Å²) in [5.41, 5.74) is 0.895. The zero-order chi connectivity index (χ0) is 16.4. The maximum Gasteiger partial charge on any atom is 0.323 e. The van der Waals surface area contributed by atoms with Gasteiger partial charge >= 0.3 is 6.03 Å². The molecule has 0 aromatic carbocycles. The molecule has 0 radical (unpaired) electrons. The molecule has 0 atom stereocenters. The van der Waals surface area contributed by atoms with E-state index in [1.54, 1.807) is 17.2 Å². The largest absolute Gasteiger partial charge is 0.367 e. The Morgan fingerprint density at radius 1 is 1.13 bits per heavy atom. The summed E-state index contributed by atoms with van der Waals surface area (Å²) < 4.78 is 0.539. The van der Waals surface area contributed by atoms with E-state index in [0.717, 1.165) is 5.69 Å². The average Bonchev–Trinajstić information content (AvgIpc) is 2.95. The Balaban J connectivity index is 1.57. The van der Waals surface area contributed by atoms with Gasteiger partial charge in [0.1, 0.15) is 9.49 Å². The fourth-order valence-electron chi connectivity index (χ4n) is 2.23. The molecule has 0 unspecified atom stereocenters. The number of carbonyl (C=O) groups is 1. The average molecular weight is 393 g/mol. The molecule has 0 bridgehead atoms. The first-order valence-corrected chi connectivity index (χ1v) is 8.71. The molecule has 1 aliphatic heterocycles. The van der Waals surface area contributed by atoms with Crippen molar-refractivity contribution in [1.82, 2.24) is 14.9 Å². The van der Waals surface area contributed by atoms with Crippen molar-refractivity contribution < 1.29 is 4.79 Å². The number of aromatic nitrogens is 2. The van der Waals surface area contributed by atoms with Crippen LogP contribution < -0.4 is 10.2 Å². The van der Waals surface area contributed by atoms with Gasteiger partial charge < -0.3 is 9.80 Å². The molecule has 3 rings (SSSR count). The Morgan fingerprint density at radius 3 is 2.48 bits per heavy atom. The summed E-state index contributed by atoms with van der Waals surface area (Å²) in [5, 5.41) is 3.95. The molecule has 0 saturated carbocycles. The fraction of sp³-hybridized carbons (Fsp3) is 0.308. The van der Waals surface area contributed by atoms with Crippen molar-refractivity contribution in [3.05, 3.63) is 33.0 Å². The highest BCUT2D eigenvalue weighted by molar-refractivity contribution is 7.19. The van der Waals surface area contributed by atoms with Crippen LogP contribution in [0.15, 0.2) is 18.5 Å². The van der Waals surface area contributed by atoms with Crippen LogP contribution in [-0.2, 0) is 0 Å². The van der Waals surface area contributed by atoms with Crippen molar-refractivity contribution in [3.8, 4) is 0 Å². The van der Waals surface area contributed by atoms with Crippen LogP contribution in [0.4, 0.5) is 15.6 Å². The lowest BCUT2D eigenvalue weighted by atomic mass is 10.3. The number of pyridine rings is 1. The highest BCUT2D eigenvalue weighted by Crippen LogP contribution is 2.26. The Hall–Kier alpha value is -1.28. The lowest BCUT2D eigenvalue weighted by molar-refractivity contribution is 0.208. The van der Waals surface area contributed by atoms with Gasteiger partial charge in [0.15, 0.2) is 5.13 Å². The number of thiazole rings is 1. The van der Waals surface area contributed by atoms with Crippen molar-refractivity contribution >= 4 is 63.0 Å². The van der Waals surface area contributed by atoms with Crippen molar-refractivity contribution in [1.29, 1.82) is 0 Å². The molecule has 2 amide bonds. The quantitative estimate of drug-likeness (QED) is 0.789. The molecule has 0 spiro atoms. The first kappa shape index (κ1) is 16.6. The first-order chi connectivity index (χ1) is 11.0. The van der Waals surface area contributed by atoms with E-state index in [1.807, 2.05) is 0 Å². The summed E-state index contributed by atoms with van der Waals surface area (Å²) in [6, 6.07) is 1.60. The molecule has 122 valence electrons. The second kappa shape index (κ2) is 7.09. The molecule has 1 N–H and O–H groups in total. The minimum Gasteiger partial charge on any atom is -0.367 e. The maximum absolute atomic E-state index is 12.2. The number of piperazine rings is 1. The predicted molar refractivity (Wildman–Crippen MR) is 94.2 cm³/mol. The van der Waals surface area contributed by atoms with Crippen LogP contribution >= 0.6 is 46.1 Å². The number of hydrogen-bond acceptors (Lipinski definition) is 5. The highest BCUT2D eigenvalue weighted by atomic mass is 35.5. The summed E-state index contributed by atoms with van der Waals surface area (Å²) in [6.07, 6.45) is 3.19. The normalized spacial score (nSPS) is 14.9. The molecule has 1 aliphatic rings. The minimum absolute atomic E-state index is 0.178. The van der Waals surface area contributed by atoms with Gasteiger partial charge in [0.25, 0.3) is 0 Å². The smallest absolute Gasteiger partial charge is 0.323 e. The lowest BCUT2D eigenvalue weighted by Gasteiger charge is -2.35. The van der Waals surface area contributed by atoms with Gasteiger partial charge in [0.05, 0.1) is 23.1 Å². The standard InChI is InChI=1S/C13H12Cl3N5OS/c14-9-5-8(6-17-11(9)16)20-1-3-21(4-2-20)13(22)19-12-18-7-10(15)23-12/h5-7H,1-4H2,(H,18,19,22). The number of amides is 2. The zero-order valence-electron chi connectivity index (χ0n) is 11.8. The molecule has 2 aromatic heterocycles. The summed E-state index contributed by atoms with van der Waals surface area (Å²) in [7, 11) is 0. The second-order valence-electron chi connectivity index (χ2n) is 4.84. The molecule has 1 fully saturated rings. The SMILES string of the molecule is O=C(Nc1ncc(Cl)s1)N1CCN(c2cnc(Cl)c(Cl)c2)CC1. The number of urea groups is 1. The second-order valence-corrected chi connectivity index (χ2v) is 7.27. The molecular formula is C13H12Cl3N5OS. The van der Waals surface area contributed by atoms with Crippen LogP contribution in [0.3, 0.4) is 0 Å². The van der Waals surface area contributed by atoms with Crippen LogP contribution in [0.25, 0.3) is 0 Å². The Bertz CT molecular complexity index is 717. The van der Waals surface area contributed by atoms with Crippen molar-refractivity contribution in [3.63, 3.8) is 0 Å². The topological polar surface area (TPSA) is 61.4 Å². The van der Waals surface area contributed by atoms with Gasteiger partial charge in [-0.05, 0) is 6.07 Å². The molecule has 3 heterocycles. The van der Waals surface area contributed by atoms with Crippen LogP contribution in [-0.4, -0.2) is 47.1 Å². The van der Waals surface area contributed by atoms with Crippen LogP contribution in [0.5, 0.6) is 0 Å². The molecular weight excluding hydrogens is 381 g/mol. The first-order valence-electron chi connectivity index (χ1n) is 6.76. The van der Waals surface area contributed by atoms with E-state index in [9.17, 15) is 4.79 Å². The molecule has 0 aliphatic carbocycles. The summed E-state index contributed by atoms with van der Waals surface area (Å²) in [4.78, 5) is 24.1. The third-order valence-corrected chi connectivity index (χ3v) is 5.12. The van der Waals surface area contributed by atoms with Crippen LogP contribution in [0, 0.1) is 0 Å². The van der Waals surface area contributed by atoms with E-state index in [1.165, 1.54) is 17.5 Å². The monoisotopic (exact) mass is 391 g/mol. The van der Waals surface area contributed by atoms with Crippen LogP contribution in [0.2, 0.25) is 14.5 Å². The Labute approximate surface area is 152 Å². The van der Waals surface area contributed by atoms with Crippen molar-refractivity contribution in [2.75, 3.05) is 36.4 Å². The molecule has 10 heteroatoms. The summed E-state index contributed by atoms with van der Waals surface area (Å²) in [5.74, 6) is 0. The Kier molecular flexibility index (Phi) is 5.11. The van der Waals surface area contributed by atoms with Gasteiger partial charge in [0, 0.05) is 26.2 Å². The maximum atomic E-state index is 12.2. The van der Waals surface area contributed by atoms with Gasteiger partial charge in [0.2, 0.25) is 0 Å². The zero-order valence-corrected chi connectivity index (χ0v) is 14.9. The van der Waals surface area contributed by atoms with E-state index in [4.69, 9.17) is 34.8 Å². The highest BCUT2D eigenvalue weighted by Gasteiger charge is 2.22. The van der Waals surface area contributed by atoms with Gasteiger partial charge in [-0.15, -0.1) is 0 Å². The van der Waals surface area contributed by atoms with Crippen molar-refractivity contribution in [2.45, 2.75) is 0 Å². The number of nitrogens with one attached hydrogen (secondary N) is 1. The fourth-order valence-corrected chi connectivity index (χ4v) is 3.30. The number of anilines is 2. The predicted octanol–water partition coefficient (Wildman–Crippen LogP) is 3.85. The number of nitrogens with zero attached hydrogens (tertiary/aromatic N) is 4. The van der Waals surface area contributed by atoms with Crippen molar-refractivity contribution in [2.24, 2.45) is 0 Å². The molecule has 1 saturated heterocycles. The van der Waals surface area contributed by atoms with Gasteiger partial charge in [-0.3, -0.25) is 5.32 Å². The molecule has 2 aromatic rings. The third-order valence-electron chi connectivity index (χ3n) is 3.41. The number of rotatable bonds is 2. The minimum atomic E-state index is -0.178. The lowest BCUT2D eigenvalue weighted by Crippen LogP contribution is -2.50. The number of carbonyl (C=O) groups excluding carboxylic acids is 1. The number of hydrogen-bond donors (Lipinski definition) is 1. The van der Waals surface area contributed by atoms with Gasteiger partial charge in [-0.2, -0.15) is 0 Å². The molecule has 23 heavy (non-hydrogen) atoms. The van der Waals surface area contributed by atoms with E-state index in [0.29, 0.717) is 40.7 Å².